The monoisotopic (exact) mass is 398 g/mol. The predicted molar refractivity (Wildman–Crippen MR) is 127 cm³/mol. The maximum absolute atomic E-state index is 11.8. The molecule has 0 aliphatic heterocycles. The fraction of sp³-hybridized carbons (Fsp3) is 0.107. The number of aliphatic hydroxyl groups excluding tert-OH is 1. The summed E-state index contributed by atoms with van der Waals surface area (Å²) in [5.41, 5.74) is 3.33. The summed E-state index contributed by atoms with van der Waals surface area (Å²) in [6.07, 6.45) is -0.516. The van der Waals surface area contributed by atoms with Crippen molar-refractivity contribution in [3.63, 3.8) is 0 Å². The fourth-order valence-corrected chi connectivity index (χ4v) is 2.81. The molecule has 0 amide bonds. The summed E-state index contributed by atoms with van der Waals surface area (Å²) in [6, 6.07) is 37.9. The summed E-state index contributed by atoms with van der Waals surface area (Å²) in [5.74, 6) is 0.0752. The molecule has 0 aliphatic rings. The first kappa shape index (κ1) is 24.5. The topological polar surface area (TPSA) is 37.3 Å². The summed E-state index contributed by atoms with van der Waals surface area (Å²) < 4.78 is 0. The van der Waals surface area contributed by atoms with E-state index in [1.54, 1.807) is 0 Å². The third-order valence-electron chi connectivity index (χ3n) is 4.30. The highest BCUT2D eigenvalue weighted by molar-refractivity contribution is 6.08. The van der Waals surface area contributed by atoms with E-state index in [-0.39, 0.29) is 20.6 Å². The molecular formula is C28H30O2. The molecule has 4 aromatic rings. The molecule has 0 fully saturated rings. The SMILES string of the molecule is C.C.O=C(c1ccccc1)c1ccccc1.OC(c1ccccc1)c1ccccc1. The molecule has 4 aromatic carbocycles. The molecule has 1 N–H and O–H groups in total. The van der Waals surface area contributed by atoms with E-state index in [0.717, 1.165) is 22.3 Å². The molecule has 0 radical (unpaired) electrons. The molecule has 0 spiro atoms. The molecule has 0 aliphatic carbocycles. The molecule has 4 rings (SSSR count). The van der Waals surface area contributed by atoms with Gasteiger partial charge in [0.15, 0.2) is 5.78 Å². The first-order valence-electron chi connectivity index (χ1n) is 9.18. The molecule has 2 heteroatoms. The van der Waals surface area contributed by atoms with Gasteiger partial charge in [0.05, 0.1) is 0 Å². The van der Waals surface area contributed by atoms with Crippen LogP contribution in [0, 0.1) is 0 Å². The summed E-state index contributed by atoms with van der Waals surface area (Å²) in [6.45, 7) is 0. The normalized spacial score (nSPS) is 9.40. The van der Waals surface area contributed by atoms with Crippen molar-refractivity contribution in [1.82, 2.24) is 0 Å². The molecule has 0 saturated carbocycles. The number of benzene rings is 4. The maximum Gasteiger partial charge on any atom is 0.193 e. The standard InChI is InChI=1S/C13H12O.C13H10O.2CH4/c2*14-13(11-7-3-1-4-8-11)12-9-5-2-6-10-12;;/h1-10,13-14H;1-10H;2*1H4. The van der Waals surface area contributed by atoms with E-state index < -0.39 is 6.10 Å². The second-order valence-electron chi connectivity index (χ2n) is 6.29. The first-order valence-corrected chi connectivity index (χ1v) is 9.18. The Bertz CT molecular complexity index is 885. The van der Waals surface area contributed by atoms with Crippen LogP contribution in [0.15, 0.2) is 121 Å². The minimum atomic E-state index is -0.516. The minimum Gasteiger partial charge on any atom is -0.384 e. The Morgan fingerprint density at radius 1 is 0.500 bits per heavy atom. The van der Waals surface area contributed by atoms with Crippen LogP contribution < -0.4 is 0 Å². The zero-order valence-electron chi connectivity index (χ0n) is 15.5. The van der Waals surface area contributed by atoms with Crippen LogP contribution in [0.25, 0.3) is 0 Å². The van der Waals surface area contributed by atoms with Crippen molar-refractivity contribution < 1.29 is 9.90 Å². The average Bonchev–Trinajstić information content (AvgIpc) is 2.81. The highest BCUT2D eigenvalue weighted by Gasteiger charge is 2.08. The van der Waals surface area contributed by atoms with Crippen molar-refractivity contribution >= 4 is 5.78 Å². The van der Waals surface area contributed by atoms with Crippen LogP contribution in [0.5, 0.6) is 0 Å². The van der Waals surface area contributed by atoms with Crippen molar-refractivity contribution in [1.29, 1.82) is 0 Å². The molecule has 0 saturated heterocycles. The van der Waals surface area contributed by atoms with Crippen molar-refractivity contribution in [2.75, 3.05) is 0 Å². The molecule has 2 nitrogen and oxygen atoms in total. The minimum absolute atomic E-state index is 0. The lowest BCUT2D eigenvalue weighted by atomic mass is 10.0. The van der Waals surface area contributed by atoms with Crippen LogP contribution >= 0.6 is 0 Å². The smallest absolute Gasteiger partial charge is 0.193 e. The Hall–Kier alpha value is -3.49. The number of ketones is 1. The zero-order valence-corrected chi connectivity index (χ0v) is 15.5. The average molecular weight is 399 g/mol. The van der Waals surface area contributed by atoms with Gasteiger partial charge in [-0.3, -0.25) is 4.79 Å². The van der Waals surface area contributed by atoms with Gasteiger partial charge < -0.3 is 5.11 Å². The van der Waals surface area contributed by atoms with E-state index in [1.807, 2.05) is 121 Å². The highest BCUT2D eigenvalue weighted by Crippen LogP contribution is 2.20. The van der Waals surface area contributed by atoms with E-state index in [4.69, 9.17) is 0 Å². The van der Waals surface area contributed by atoms with Crippen LogP contribution in [0.1, 0.15) is 48.0 Å². The molecule has 0 unspecified atom stereocenters. The molecule has 154 valence electrons. The number of rotatable bonds is 4. The Kier molecular flexibility index (Phi) is 10.5. The summed E-state index contributed by atoms with van der Waals surface area (Å²) in [4.78, 5) is 11.8. The van der Waals surface area contributed by atoms with Crippen LogP contribution in [0.4, 0.5) is 0 Å². The molecule has 0 atom stereocenters. The fourth-order valence-electron chi connectivity index (χ4n) is 2.81. The van der Waals surface area contributed by atoms with Gasteiger partial charge in [-0.25, -0.2) is 0 Å². The quantitative estimate of drug-likeness (QED) is 0.377. The second-order valence-corrected chi connectivity index (χ2v) is 6.29. The van der Waals surface area contributed by atoms with Gasteiger partial charge >= 0.3 is 0 Å². The summed E-state index contributed by atoms with van der Waals surface area (Å²) >= 11 is 0. The third-order valence-corrected chi connectivity index (χ3v) is 4.30. The first-order chi connectivity index (χ1) is 13.8. The zero-order chi connectivity index (χ0) is 19.6. The maximum atomic E-state index is 11.8. The van der Waals surface area contributed by atoms with Crippen LogP contribution in [-0.4, -0.2) is 10.9 Å². The Morgan fingerprint density at radius 2 is 0.767 bits per heavy atom. The van der Waals surface area contributed by atoms with Crippen molar-refractivity contribution in [2.45, 2.75) is 21.0 Å². The van der Waals surface area contributed by atoms with Gasteiger partial charge in [-0.2, -0.15) is 0 Å². The van der Waals surface area contributed by atoms with E-state index in [9.17, 15) is 9.90 Å². The van der Waals surface area contributed by atoms with Gasteiger partial charge in [0.25, 0.3) is 0 Å². The van der Waals surface area contributed by atoms with Gasteiger partial charge in [-0.15, -0.1) is 0 Å². The van der Waals surface area contributed by atoms with E-state index >= 15 is 0 Å². The molecule has 30 heavy (non-hydrogen) atoms. The van der Waals surface area contributed by atoms with Gasteiger partial charge in [0.2, 0.25) is 0 Å². The number of aliphatic hydroxyl groups is 1. The van der Waals surface area contributed by atoms with Gasteiger partial charge in [-0.05, 0) is 11.1 Å². The van der Waals surface area contributed by atoms with Crippen molar-refractivity contribution in [3.8, 4) is 0 Å². The van der Waals surface area contributed by atoms with E-state index in [1.165, 1.54) is 0 Å². The summed E-state index contributed by atoms with van der Waals surface area (Å²) in [5, 5.41) is 9.99. The van der Waals surface area contributed by atoms with Crippen molar-refractivity contribution in [2.24, 2.45) is 0 Å². The van der Waals surface area contributed by atoms with E-state index in [0.29, 0.717) is 0 Å². The van der Waals surface area contributed by atoms with Crippen LogP contribution in [0.3, 0.4) is 0 Å². The lowest BCUT2D eigenvalue weighted by Crippen LogP contribution is -1.99. The molecular weight excluding hydrogens is 368 g/mol. The van der Waals surface area contributed by atoms with Gasteiger partial charge in [-0.1, -0.05) is 136 Å². The highest BCUT2D eigenvalue weighted by atomic mass is 16.3. The third kappa shape index (κ3) is 6.84. The lowest BCUT2D eigenvalue weighted by Gasteiger charge is -2.10. The molecule has 0 aromatic heterocycles. The Labute approximate surface area is 180 Å². The van der Waals surface area contributed by atoms with Gasteiger partial charge in [0.1, 0.15) is 6.10 Å². The largest absolute Gasteiger partial charge is 0.384 e. The van der Waals surface area contributed by atoms with Gasteiger partial charge in [0, 0.05) is 11.1 Å². The number of carbonyl (C=O) groups excluding carboxylic acids is 1. The number of carbonyl (C=O) groups is 1. The lowest BCUT2D eigenvalue weighted by molar-refractivity contribution is 0.103. The molecule has 0 bridgehead atoms. The Balaban J connectivity index is 0.000000281. The predicted octanol–water partition coefficient (Wildman–Crippen LogP) is 6.96. The van der Waals surface area contributed by atoms with E-state index in [2.05, 4.69) is 0 Å². The van der Waals surface area contributed by atoms with Crippen LogP contribution in [0.2, 0.25) is 0 Å². The second kappa shape index (κ2) is 12.9. The van der Waals surface area contributed by atoms with Crippen molar-refractivity contribution in [3.05, 3.63) is 144 Å². The van der Waals surface area contributed by atoms with Crippen LogP contribution in [-0.2, 0) is 0 Å². The Morgan fingerprint density at radius 3 is 1.07 bits per heavy atom. The summed E-state index contributed by atoms with van der Waals surface area (Å²) in [7, 11) is 0. The number of hydrogen-bond acceptors (Lipinski definition) is 2. The molecule has 0 heterocycles. The number of hydrogen-bond donors (Lipinski definition) is 1.